The highest BCUT2D eigenvalue weighted by Crippen LogP contribution is 2.42. The van der Waals surface area contributed by atoms with Crippen molar-refractivity contribution in [1.29, 1.82) is 0 Å². The zero-order valence-corrected chi connectivity index (χ0v) is 18.5. The van der Waals surface area contributed by atoms with Crippen molar-refractivity contribution in [3.63, 3.8) is 0 Å². The van der Waals surface area contributed by atoms with Gasteiger partial charge in [0.05, 0.1) is 22.1 Å². The number of fused-ring (bicyclic) bond motifs is 7. The lowest BCUT2D eigenvalue weighted by Crippen LogP contribution is -2.00. The minimum atomic E-state index is 0.912. The summed E-state index contributed by atoms with van der Waals surface area (Å²) in [5, 5.41) is 4.87. The summed E-state index contributed by atoms with van der Waals surface area (Å²) in [4.78, 5) is 4.76. The lowest BCUT2D eigenvalue weighted by molar-refractivity contribution is 1.08. The van der Waals surface area contributed by atoms with Gasteiger partial charge in [-0.15, -0.1) is 0 Å². The van der Waals surface area contributed by atoms with E-state index in [-0.39, 0.29) is 0 Å². The molecule has 0 fully saturated rings. The first-order valence-corrected chi connectivity index (χ1v) is 11.5. The van der Waals surface area contributed by atoms with Crippen LogP contribution in [0.25, 0.3) is 61.2 Å². The van der Waals surface area contributed by atoms with Gasteiger partial charge in [-0.1, -0.05) is 85.5 Å². The van der Waals surface area contributed by atoms with Gasteiger partial charge >= 0.3 is 0 Å². The predicted molar refractivity (Wildman–Crippen MR) is 143 cm³/mol. The van der Waals surface area contributed by atoms with Crippen LogP contribution in [0.3, 0.4) is 0 Å². The van der Waals surface area contributed by atoms with Crippen LogP contribution in [0, 0.1) is 0 Å². The molecule has 0 aliphatic carbocycles. The zero-order valence-electron chi connectivity index (χ0n) is 18.5. The van der Waals surface area contributed by atoms with Crippen molar-refractivity contribution in [2.45, 2.75) is 0 Å². The van der Waals surface area contributed by atoms with Gasteiger partial charge in [-0.25, -0.2) is 4.98 Å². The Morgan fingerprint density at radius 1 is 0.559 bits per heavy atom. The molecule has 0 saturated carbocycles. The van der Waals surface area contributed by atoms with Crippen LogP contribution in [0.5, 0.6) is 0 Å². The van der Waals surface area contributed by atoms with Gasteiger partial charge < -0.3 is 4.57 Å². The number of rotatable bonds is 3. The van der Waals surface area contributed by atoms with Crippen LogP contribution < -0.4 is 0 Å². The Morgan fingerprint density at radius 3 is 2.03 bits per heavy atom. The van der Waals surface area contributed by atoms with Crippen molar-refractivity contribution >= 4 is 49.7 Å². The van der Waals surface area contributed by atoms with Gasteiger partial charge in [0.15, 0.2) is 0 Å². The molecule has 34 heavy (non-hydrogen) atoms. The minimum absolute atomic E-state index is 0.912. The Bertz CT molecular complexity index is 1860. The molecule has 3 heteroatoms. The Hall–Kier alpha value is -4.63. The molecular weight excluding hydrogens is 414 g/mol. The van der Waals surface area contributed by atoms with E-state index in [4.69, 9.17) is 4.98 Å². The van der Waals surface area contributed by atoms with E-state index in [2.05, 4.69) is 107 Å². The van der Waals surface area contributed by atoms with E-state index in [9.17, 15) is 0 Å². The van der Waals surface area contributed by atoms with E-state index in [1.807, 2.05) is 24.4 Å². The topological polar surface area (TPSA) is 22.8 Å². The van der Waals surface area contributed by atoms with Crippen molar-refractivity contribution < 1.29 is 0 Å². The summed E-state index contributed by atoms with van der Waals surface area (Å²) in [5.41, 5.74) is 6.90. The van der Waals surface area contributed by atoms with Gasteiger partial charge in [0.2, 0.25) is 0 Å². The summed E-state index contributed by atoms with van der Waals surface area (Å²) in [7, 11) is 0. The van der Waals surface area contributed by atoms with Crippen molar-refractivity contribution in [1.82, 2.24) is 14.1 Å². The normalized spacial score (nSPS) is 11.6. The van der Waals surface area contributed by atoms with Crippen LogP contribution >= 0.6 is 0 Å². The number of hydrogen-bond donors (Lipinski definition) is 0. The van der Waals surface area contributed by atoms with Gasteiger partial charge in [-0.05, 0) is 35.9 Å². The van der Waals surface area contributed by atoms with Crippen molar-refractivity contribution in [3.05, 3.63) is 121 Å². The first-order valence-electron chi connectivity index (χ1n) is 11.5. The average molecular weight is 436 g/mol. The fourth-order valence-corrected chi connectivity index (χ4v) is 5.35. The summed E-state index contributed by atoms with van der Waals surface area (Å²) in [5.74, 6) is 0.912. The molecule has 0 atom stereocenters. The molecule has 0 N–H and O–H groups in total. The van der Waals surface area contributed by atoms with E-state index >= 15 is 0 Å². The second kappa shape index (κ2) is 7.19. The highest BCUT2D eigenvalue weighted by Gasteiger charge is 2.22. The van der Waals surface area contributed by atoms with Gasteiger partial charge in [-0.3, -0.25) is 4.57 Å². The second-order valence-corrected chi connectivity index (χ2v) is 8.52. The van der Waals surface area contributed by atoms with E-state index in [0.29, 0.717) is 0 Å². The summed E-state index contributed by atoms with van der Waals surface area (Å²) in [6.45, 7) is 4.12. The van der Waals surface area contributed by atoms with Crippen molar-refractivity contribution in [3.8, 4) is 11.5 Å². The fourth-order valence-electron chi connectivity index (χ4n) is 5.35. The van der Waals surface area contributed by atoms with E-state index in [0.717, 1.165) is 28.1 Å². The standard InChI is InChI=1S/C31H21N3/c1-2-21-11-10-15-24-26-19-18-25-23-14-6-7-16-27(23)34(28-17-8-9-20-32-28)31(25)30(26)33(29(21)24)22-12-4-3-5-13-22/h2-20H,1H2. The summed E-state index contributed by atoms with van der Waals surface area (Å²) < 4.78 is 4.70. The molecule has 3 aromatic heterocycles. The average Bonchev–Trinajstić information content (AvgIpc) is 3.43. The fraction of sp³-hybridized carbons (Fsp3) is 0. The third-order valence-corrected chi connectivity index (χ3v) is 6.73. The Balaban J connectivity index is 1.82. The molecule has 3 heterocycles. The van der Waals surface area contributed by atoms with Gasteiger partial charge in [0.1, 0.15) is 5.82 Å². The molecule has 0 radical (unpaired) electrons. The van der Waals surface area contributed by atoms with Gasteiger partial charge in [0, 0.05) is 33.4 Å². The number of benzene rings is 4. The molecule has 7 aromatic rings. The maximum Gasteiger partial charge on any atom is 0.137 e. The quantitative estimate of drug-likeness (QED) is 0.276. The molecular formula is C31H21N3. The van der Waals surface area contributed by atoms with Crippen LogP contribution in [0.1, 0.15) is 5.56 Å². The molecule has 0 saturated heterocycles. The summed E-state index contributed by atoms with van der Waals surface area (Å²) in [6.07, 6.45) is 3.81. The molecule has 0 aliphatic rings. The largest absolute Gasteiger partial charge is 0.307 e. The molecule has 3 nitrogen and oxygen atoms in total. The third-order valence-electron chi connectivity index (χ3n) is 6.73. The molecule has 0 aliphatic heterocycles. The second-order valence-electron chi connectivity index (χ2n) is 8.52. The summed E-state index contributed by atoms with van der Waals surface area (Å²) >= 11 is 0. The number of pyridine rings is 1. The molecule has 0 amide bonds. The molecule has 7 rings (SSSR count). The number of nitrogens with zero attached hydrogens (tertiary/aromatic N) is 3. The zero-order chi connectivity index (χ0) is 22.6. The van der Waals surface area contributed by atoms with Crippen LogP contribution in [0.4, 0.5) is 0 Å². The molecule has 0 bridgehead atoms. The highest BCUT2D eigenvalue weighted by atomic mass is 15.1. The van der Waals surface area contributed by atoms with Crippen molar-refractivity contribution in [2.75, 3.05) is 0 Å². The van der Waals surface area contributed by atoms with Crippen molar-refractivity contribution in [2.24, 2.45) is 0 Å². The number of hydrogen-bond acceptors (Lipinski definition) is 1. The van der Waals surface area contributed by atoms with E-state index in [1.54, 1.807) is 0 Å². The number of para-hydroxylation sites is 3. The minimum Gasteiger partial charge on any atom is -0.307 e. The lowest BCUT2D eigenvalue weighted by atomic mass is 10.1. The molecule has 4 aromatic carbocycles. The third kappa shape index (κ3) is 2.49. The lowest BCUT2D eigenvalue weighted by Gasteiger charge is -2.12. The SMILES string of the molecule is C=Cc1cccc2c3ccc4c5ccccc5n(-c5ccccn5)c4c3n(-c3ccccc3)c12. The maximum absolute atomic E-state index is 4.76. The van der Waals surface area contributed by atoms with Crippen LogP contribution in [-0.2, 0) is 0 Å². The maximum atomic E-state index is 4.76. The first kappa shape index (κ1) is 18.9. The van der Waals surface area contributed by atoms with E-state index < -0.39 is 0 Å². The Kier molecular flexibility index (Phi) is 4.00. The Morgan fingerprint density at radius 2 is 1.24 bits per heavy atom. The monoisotopic (exact) mass is 435 g/mol. The Labute approximate surface area is 196 Å². The van der Waals surface area contributed by atoms with E-state index in [1.165, 1.54) is 32.6 Å². The van der Waals surface area contributed by atoms with Crippen LogP contribution in [0.2, 0.25) is 0 Å². The number of aromatic nitrogens is 3. The van der Waals surface area contributed by atoms with Gasteiger partial charge in [-0.2, -0.15) is 0 Å². The summed E-state index contributed by atoms with van der Waals surface area (Å²) in [6, 6.07) is 36.3. The van der Waals surface area contributed by atoms with Gasteiger partial charge in [0.25, 0.3) is 0 Å². The predicted octanol–water partition coefficient (Wildman–Crippen LogP) is 7.92. The van der Waals surface area contributed by atoms with Crippen LogP contribution in [0.15, 0.2) is 116 Å². The molecule has 160 valence electrons. The molecule has 0 unspecified atom stereocenters. The van der Waals surface area contributed by atoms with Crippen LogP contribution in [-0.4, -0.2) is 14.1 Å². The highest BCUT2D eigenvalue weighted by molar-refractivity contribution is 6.24. The molecule has 0 spiro atoms. The smallest absolute Gasteiger partial charge is 0.137 e. The first-order chi connectivity index (χ1) is 16.9.